The second-order valence-electron chi connectivity index (χ2n) is 5.50. The van der Waals surface area contributed by atoms with Crippen molar-refractivity contribution in [3.05, 3.63) is 23.8 Å². The average molecular weight is 292 g/mol. The molecule has 1 heterocycles. The normalized spacial score (nSPS) is 19.9. The van der Waals surface area contributed by atoms with E-state index in [4.69, 9.17) is 5.73 Å². The molecular formula is C17H28N2S. The maximum Gasteiger partial charge on any atom is 0.0425 e. The maximum absolute atomic E-state index is 6.07. The molecule has 3 heteroatoms. The van der Waals surface area contributed by atoms with E-state index in [-0.39, 0.29) is 0 Å². The Morgan fingerprint density at radius 2 is 2.10 bits per heavy atom. The molecule has 1 atom stereocenters. The van der Waals surface area contributed by atoms with Gasteiger partial charge >= 0.3 is 0 Å². The highest BCUT2D eigenvalue weighted by Crippen LogP contribution is 2.34. The number of hydrogen-bond donors (Lipinski definition) is 1. The number of rotatable bonds is 5. The van der Waals surface area contributed by atoms with Gasteiger partial charge in [0.1, 0.15) is 0 Å². The fourth-order valence-corrected chi connectivity index (χ4v) is 4.09. The molecule has 1 unspecified atom stereocenters. The summed E-state index contributed by atoms with van der Waals surface area (Å²) in [6, 6.07) is 7.38. The highest BCUT2D eigenvalue weighted by Gasteiger charge is 2.22. The second kappa shape index (κ2) is 7.94. The van der Waals surface area contributed by atoms with Crippen molar-refractivity contribution >= 4 is 17.4 Å². The van der Waals surface area contributed by atoms with Crippen LogP contribution in [0.3, 0.4) is 0 Å². The van der Waals surface area contributed by atoms with Crippen molar-refractivity contribution in [2.45, 2.75) is 63.4 Å². The van der Waals surface area contributed by atoms with E-state index in [1.807, 2.05) is 11.8 Å². The number of hydrogen-bond acceptors (Lipinski definition) is 3. The molecular weight excluding hydrogens is 264 g/mol. The Morgan fingerprint density at radius 1 is 1.25 bits per heavy atom. The van der Waals surface area contributed by atoms with Gasteiger partial charge in [-0.1, -0.05) is 32.8 Å². The van der Waals surface area contributed by atoms with Gasteiger partial charge in [0.05, 0.1) is 0 Å². The van der Waals surface area contributed by atoms with Crippen LogP contribution >= 0.6 is 11.8 Å². The molecule has 0 aliphatic carbocycles. The molecule has 0 saturated carbocycles. The molecule has 1 aliphatic heterocycles. The van der Waals surface area contributed by atoms with E-state index in [9.17, 15) is 0 Å². The molecule has 0 radical (unpaired) electrons. The predicted octanol–water partition coefficient (Wildman–Crippen LogP) is 4.42. The van der Waals surface area contributed by atoms with Gasteiger partial charge in [0, 0.05) is 35.3 Å². The lowest BCUT2D eigenvalue weighted by molar-refractivity contribution is 0.554. The minimum absolute atomic E-state index is 0.644. The lowest BCUT2D eigenvalue weighted by Crippen LogP contribution is -2.35. The number of nitrogens with zero attached hydrogens (tertiary/aromatic N) is 1. The summed E-state index contributed by atoms with van der Waals surface area (Å²) in [5.74, 6) is 1.10. The van der Waals surface area contributed by atoms with E-state index in [0.717, 1.165) is 5.75 Å². The summed E-state index contributed by atoms with van der Waals surface area (Å²) < 4.78 is 0. The number of benzene rings is 1. The minimum Gasteiger partial charge on any atom is -0.368 e. The third-order valence-electron chi connectivity index (χ3n) is 4.27. The first-order valence-electron chi connectivity index (χ1n) is 8.03. The molecule has 1 aromatic rings. The van der Waals surface area contributed by atoms with Crippen LogP contribution in [0.1, 0.15) is 51.5 Å². The Morgan fingerprint density at radius 3 is 2.80 bits per heavy atom. The SMILES string of the molecule is CCSc1cccc(N2CCCCCC2CC)c1CN. The second-order valence-corrected chi connectivity index (χ2v) is 6.80. The van der Waals surface area contributed by atoms with Crippen LogP contribution in [0.4, 0.5) is 5.69 Å². The van der Waals surface area contributed by atoms with Gasteiger partial charge in [-0.3, -0.25) is 0 Å². The Labute approximate surface area is 128 Å². The zero-order chi connectivity index (χ0) is 14.4. The Bertz CT molecular complexity index is 419. The number of nitrogens with two attached hydrogens (primary N) is 1. The van der Waals surface area contributed by atoms with Gasteiger partial charge in [-0.25, -0.2) is 0 Å². The topological polar surface area (TPSA) is 29.3 Å². The third-order valence-corrected chi connectivity index (χ3v) is 5.25. The van der Waals surface area contributed by atoms with Crippen molar-refractivity contribution in [1.82, 2.24) is 0 Å². The zero-order valence-corrected chi connectivity index (χ0v) is 13.7. The van der Waals surface area contributed by atoms with Gasteiger partial charge in [-0.2, -0.15) is 0 Å². The quantitative estimate of drug-likeness (QED) is 0.815. The summed E-state index contributed by atoms with van der Waals surface area (Å²) in [5.41, 5.74) is 8.81. The van der Waals surface area contributed by atoms with Gasteiger partial charge in [0.25, 0.3) is 0 Å². The fraction of sp³-hybridized carbons (Fsp3) is 0.647. The van der Waals surface area contributed by atoms with Crippen molar-refractivity contribution in [2.75, 3.05) is 17.2 Å². The van der Waals surface area contributed by atoms with Crippen LogP contribution in [0.5, 0.6) is 0 Å². The van der Waals surface area contributed by atoms with Crippen molar-refractivity contribution < 1.29 is 0 Å². The van der Waals surface area contributed by atoms with Crippen LogP contribution in [-0.2, 0) is 6.54 Å². The summed E-state index contributed by atoms with van der Waals surface area (Å²) in [4.78, 5) is 4.00. The van der Waals surface area contributed by atoms with Crippen molar-refractivity contribution in [3.63, 3.8) is 0 Å². The van der Waals surface area contributed by atoms with E-state index in [1.54, 1.807) is 0 Å². The molecule has 2 rings (SSSR count). The zero-order valence-electron chi connectivity index (χ0n) is 12.9. The van der Waals surface area contributed by atoms with Crippen LogP contribution in [-0.4, -0.2) is 18.3 Å². The Balaban J connectivity index is 2.35. The average Bonchev–Trinajstić information content (AvgIpc) is 2.72. The molecule has 0 amide bonds. The van der Waals surface area contributed by atoms with Crippen molar-refractivity contribution in [3.8, 4) is 0 Å². The fourth-order valence-electron chi connectivity index (χ4n) is 3.24. The summed E-state index contributed by atoms with van der Waals surface area (Å²) >= 11 is 1.91. The van der Waals surface area contributed by atoms with E-state index in [2.05, 4.69) is 36.9 Å². The molecule has 0 bridgehead atoms. The van der Waals surface area contributed by atoms with Crippen molar-refractivity contribution in [2.24, 2.45) is 5.73 Å². The predicted molar refractivity (Wildman–Crippen MR) is 90.6 cm³/mol. The number of anilines is 1. The number of thioether (sulfide) groups is 1. The summed E-state index contributed by atoms with van der Waals surface area (Å²) in [6.07, 6.45) is 6.61. The molecule has 2 N–H and O–H groups in total. The molecule has 112 valence electrons. The molecule has 0 aromatic heterocycles. The molecule has 1 aromatic carbocycles. The van der Waals surface area contributed by atoms with E-state index in [1.165, 1.54) is 54.8 Å². The standard InChI is InChI=1S/C17H28N2S/c1-3-14-9-6-5-7-12-19(14)16-10-8-11-17(20-4-2)15(16)13-18/h8,10-11,14H,3-7,9,12-13,18H2,1-2H3. The third kappa shape index (κ3) is 3.50. The first-order valence-corrected chi connectivity index (χ1v) is 9.01. The molecule has 2 nitrogen and oxygen atoms in total. The smallest absolute Gasteiger partial charge is 0.0425 e. The maximum atomic E-state index is 6.07. The summed E-state index contributed by atoms with van der Waals surface area (Å²) in [7, 11) is 0. The lowest BCUT2D eigenvalue weighted by atomic mass is 10.1. The molecule has 1 fully saturated rings. The lowest BCUT2D eigenvalue weighted by Gasteiger charge is -2.33. The van der Waals surface area contributed by atoms with Gasteiger partial charge in [0.2, 0.25) is 0 Å². The first kappa shape index (κ1) is 15.7. The highest BCUT2D eigenvalue weighted by molar-refractivity contribution is 7.99. The summed E-state index contributed by atoms with van der Waals surface area (Å²) in [6.45, 7) is 6.35. The monoisotopic (exact) mass is 292 g/mol. The largest absolute Gasteiger partial charge is 0.368 e. The van der Waals surface area contributed by atoms with Gasteiger partial charge < -0.3 is 10.6 Å². The van der Waals surface area contributed by atoms with Crippen LogP contribution < -0.4 is 10.6 Å². The molecule has 1 aliphatic rings. The van der Waals surface area contributed by atoms with Crippen LogP contribution in [0.15, 0.2) is 23.1 Å². The molecule has 1 saturated heterocycles. The van der Waals surface area contributed by atoms with Crippen LogP contribution in [0.2, 0.25) is 0 Å². The molecule has 20 heavy (non-hydrogen) atoms. The first-order chi connectivity index (χ1) is 9.81. The van der Waals surface area contributed by atoms with E-state index >= 15 is 0 Å². The van der Waals surface area contributed by atoms with Crippen LogP contribution in [0, 0.1) is 0 Å². The van der Waals surface area contributed by atoms with Crippen molar-refractivity contribution in [1.29, 1.82) is 0 Å². The van der Waals surface area contributed by atoms with Crippen LogP contribution in [0.25, 0.3) is 0 Å². The minimum atomic E-state index is 0.644. The van der Waals surface area contributed by atoms with Gasteiger partial charge in [-0.05, 0) is 37.1 Å². The highest BCUT2D eigenvalue weighted by atomic mass is 32.2. The molecule has 0 spiro atoms. The van der Waals surface area contributed by atoms with Gasteiger partial charge in [-0.15, -0.1) is 11.8 Å². The summed E-state index contributed by atoms with van der Waals surface area (Å²) in [5, 5.41) is 0. The van der Waals surface area contributed by atoms with E-state index in [0.29, 0.717) is 12.6 Å². The van der Waals surface area contributed by atoms with E-state index < -0.39 is 0 Å². The Kier molecular flexibility index (Phi) is 6.24. The Hall–Kier alpha value is -0.670. The van der Waals surface area contributed by atoms with Gasteiger partial charge in [0.15, 0.2) is 0 Å².